The Balaban J connectivity index is 2.70. The van der Waals surface area contributed by atoms with E-state index in [0.717, 1.165) is 18.5 Å². The molecule has 16 heavy (non-hydrogen) atoms. The second-order valence-electron chi connectivity index (χ2n) is 4.57. The molecular formula is C14H23NO. The van der Waals surface area contributed by atoms with E-state index in [-0.39, 0.29) is 5.56 Å². The summed E-state index contributed by atoms with van der Waals surface area (Å²) in [4.78, 5) is 11.9. The molecule has 1 aromatic heterocycles. The van der Waals surface area contributed by atoms with Crippen LogP contribution in [-0.2, 0) is 6.54 Å². The van der Waals surface area contributed by atoms with E-state index in [1.807, 2.05) is 29.8 Å². The number of unbranched alkanes of at least 4 members (excludes halogenated alkanes) is 1. The van der Waals surface area contributed by atoms with Gasteiger partial charge in [-0.05, 0) is 25.3 Å². The first-order valence-electron chi connectivity index (χ1n) is 6.35. The van der Waals surface area contributed by atoms with E-state index in [2.05, 4.69) is 13.8 Å². The molecule has 2 heteroatoms. The molecule has 0 bridgehead atoms. The number of rotatable bonds is 6. The summed E-state index contributed by atoms with van der Waals surface area (Å²) in [5.74, 6) is 0.638. The van der Waals surface area contributed by atoms with E-state index in [1.54, 1.807) is 0 Å². The van der Waals surface area contributed by atoms with Crippen molar-refractivity contribution in [3.63, 3.8) is 0 Å². The molecule has 0 aromatic carbocycles. The predicted octanol–water partition coefficient (Wildman–Crippen LogP) is 3.37. The van der Waals surface area contributed by atoms with Gasteiger partial charge in [0.1, 0.15) is 0 Å². The Kier molecular flexibility index (Phi) is 5.30. The molecule has 1 heterocycles. The van der Waals surface area contributed by atoms with Crippen molar-refractivity contribution in [3.05, 3.63) is 34.2 Å². The molecule has 0 aliphatic rings. The van der Waals surface area contributed by atoms with E-state index < -0.39 is 0 Å². The van der Waals surface area contributed by atoms with Gasteiger partial charge in [-0.25, -0.2) is 0 Å². The Morgan fingerprint density at radius 1 is 1.38 bits per heavy atom. The lowest BCUT2D eigenvalue weighted by Gasteiger charge is -2.16. The fourth-order valence-corrected chi connectivity index (χ4v) is 2.00. The van der Waals surface area contributed by atoms with Crippen LogP contribution in [0.1, 0.15) is 45.1 Å². The highest BCUT2D eigenvalue weighted by Gasteiger charge is 2.08. The maximum atomic E-state index is 11.9. The van der Waals surface area contributed by atoms with Crippen molar-refractivity contribution in [2.75, 3.05) is 0 Å². The molecule has 1 unspecified atom stereocenters. The highest BCUT2D eigenvalue weighted by Crippen LogP contribution is 2.14. The number of pyridine rings is 1. The Hall–Kier alpha value is -1.05. The first kappa shape index (κ1) is 13.0. The van der Waals surface area contributed by atoms with Crippen LogP contribution in [0.3, 0.4) is 0 Å². The molecule has 2 nitrogen and oxygen atoms in total. The molecule has 1 rings (SSSR count). The Morgan fingerprint density at radius 2 is 2.12 bits per heavy atom. The number of aryl methyl sites for hydroxylation is 1. The smallest absolute Gasteiger partial charge is 0.253 e. The van der Waals surface area contributed by atoms with Gasteiger partial charge in [-0.3, -0.25) is 4.79 Å². The van der Waals surface area contributed by atoms with Gasteiger partial charge in [0, 0.05) is 18.3 Å². The number of hydrogen-bond acceptors (Lipinski definition) is 1. The molecule has 1 atom stereocenters. The summed E-state index contributed by atoms with van der Waals surface area (Å²) in [6.07, 6.45) is 6.79. The van der Waals surface area contributed by atoms with Crippen LogP contribution in [0.25, 0.3) is 0 Å². The van der Waals surface area contributed by atoms with E-state index in [0.29, 0.717) is 5.92 Å². The second-order valence-corrected chi connectivity index (χ2v) is 4.57. The van der Waals surface area contributed by atoms with Crippen LogP contribution in [0.2, 0.25) is 0 Å². The third kappa shape index (κ3) is 3.51. The Morgan fingerprint density at radius 3 is 2.75 bits per heavy atom. The molecule has 90 valence electrons. The zero-order valence-electron chi connectivity index (χ0n) is 10.7. The van der Waals surface area contributed by atoms with Gasteiger partial charge in [-0.15, -0.1) is 0 Å². The van der Waals surface area contributed by atoms with E-state index >= 15 is 0 Å². The van der Waals surface area contributed by atoms with Crippen LogP contribution in [-0.4, -0.2) is 4.57 Å². The molecule has 0 aliphatic heterocycles. The first-order valence-corrected chi connectivity index (χ1v) is 6.35. The standard InChI is InChI=1S/C14H23NO/c1-4-6-9-13(5-2)11-15-10-7-8-12(3)14(15)16/h7-8,10,13H,4-6,9,11H2,1-3H3. The summed E-state index contributed by atoms with van der Waals surface area (Å²) in [5.41, 5.74) is 1.00. The first-order chi connectivity index (χ1) is 7.69. The van der Waals surface area contributed by atoms with Crippen LogP contribution in [0.15, 0.2) is 23.1 Å². The largest absolute Gasteiger partial charge is 0.315 e. The van der Waals surface area contributed by atoms with Crippen molar-refractivity contribution in [3.8, 4) is 0 Å². The average Bonchev–Trinajstić information content (AvgIpc) is 2.30. The highest BCUT2D eigenvalue weighted by atomic mass is 16.1. The summed E-state index contributed by atoms with van der Waals surface area (Å²) in [6, 6.07) is 3.84. The van der Waals surface area contributed by atoms with Gasteiger partial charge in [-0.2, -0.15) is 0 Å². The van der Waals surface area contributed by atoms with Crippen molar-refractivity contribution in [1.82, 2.24) is 4.57 Å². The van der Waals surface area contributed by atoms with Gasteiger partial charge in [0.15, 0.2) is 0 Å². The van der Waals surface area contributed by atoms with E-state index in [4.69, 9.17) is 0 Å². The van der Waals surface area contributed by atoms with Crippen LogP contribution in [0.5, 0.6) is 0 Å². The molecule has 0 fully saturated rings. The quantitative estimate of drug-likeness (QED) is 0.722. The van der Waals surface area contributed by atoms with E-state index in [1.165, 1.54) is 19.3 Å². The van der Waals surface area contributed by atoms with Crippen molar-refractivity contribution < 1.29 is 0 Å². The lowest BCUT2D eigenvalue weighted by Crippen LogP contribution is -2.24. The second kappa shape index (κ2) is 6.51. The van der Waals surface area contributed by atoms with Crippen molar-refractivity contribution >= 4 is 0 Å². The summed E-state index contributed by atoms with van der Waals surface area (Å²) in [5, 5.41) is 0. The maximum Gasteiger partial charge on any atom is 0.253 e. The normalized spacial score (nSPS) is 12.7. The molecule has 0 radical (unpaired) electrons. The number of hydrogen-bond donors (Lipinski definition) is 0. The zero-order valence-corrected chi connectivity index (χ0v) is 10.7. The molecular weight excluding hydrogens is 198 g/mol. The molecule has 0 saturated heterocycles. The van der Waals surface area contributed by atoms with Crippen LogP contribution < -0.4 is 5.56 Å². The number of nitrogens with zero attached hydrogens (tertiary/aromatic N) is 1. The average molecular weight is 221 g/mol. The van der Waals surface area contributed by atoms with Gasteiger partial charge in [-0.1, -0.05) is 39.2 Å². The monoisotopic (exact) mass is 221 g/mol. The van der Waals surface area contributed by atoms with Gasteiger partial charge < -0.3 is 4.57 Å². The minimum absolute atomic E-state index is 0.164. The third-order valence-electron chi connectivity index (χ3n) is 3.21. The molecule has 0 N–H and O–H groups in total. The summed E-state index contributed by atoms with van der Waals surface area (Å²) < 4.78 is 1.86. The van der Waals surface area contributed by atoms with Crippen molar-refractivity contribution in [1.29, 1.82) is 0 Å². The summed E-state index contributed by atoms with van der Waals surface area (Å²) >= 11 is 0. The fraction of sp³-hybridized carbons (Fsp3) is 0.643. The molecule has 0 aliphatic carbocycles. The topological polar surface area (TPSA) is 22.0 Å². The van der Waals surface area contributed by atoms with Crippen LogP contribution in [0, 0.1) is 12.8 Å². The predicted molar refractivity (Wildman–Crippen MR) is 68.7 cm³/mol. The number of aromatic nitrogens is 1. The molecule has 0 saturated carbocycles. The van der Waals surface area contributed by atoms with Gasteiger partial charge in [0.25, 0.3) is 5.56 Å². The minimum Gasteiger partial charge on any atom is -0.315 e. The van der Waals surface area contributed by atoms with Crippen molar-refractivity contribution in [2.45, 2.75) is 53.0 Å². The fourth-order valence-electron chi connectivity index (χ4n) is 2.00. The lowest BCUT2D eigenvalue weighted by molar-refractivity contribution is 0.385. The van der Waals surface area contributed by atoms with E-state index in [9.17, 15) is 4.79 Å². The molecule has 0 spiro atoms. The Labute approximate surface area is 98.3 Å². The highest BCUT2D eigenvalue weighted by molar-refractivity contribution is 5.07. The van der Waals surface area contributed by atoms with Gasteiger partial charge >= 0.3 is 0 Å². The lowest BCUT2D eigenvalue weighted by atomic mass is 9.99. The van der Waals surface area contributed by atoms with Gasteiger partial charge in [0.2, 0.25) is 0 Å². The van der Waals surface area contributed by atoms with Crippen molar-refractivity contribution in [2.24, 2.45) is 5.92 Å². The SMILES string of the molecule is CCCCC(CC)Cn1cccc(C)c1=O. The zero-order chi connectivity index (χ0) is 12.0. The Bertz CT molecular complexity index is 367. The molecule has 1 aromatic rings. The van der Waals surface area contributed by atoms with Crippen LogP contribution >= 0.6 is 0 Å². The maximum absolute atomic E-state index is 11.9. The van der Waals surface area contributed by atoms with Gasteiger partial charge in [0.05, 0.1) is 0 Å². The third-order valence-corrected chi connectivity index (χ3v) is 3.21. The minimum atomic E-state index is 0.164. The summed E-state index contributed by atoms with van der Waals surface area (Å²) in [6.45, 7) is 7.18. The van der Waals surface area contributed by atoms with Crippen LogP contribution in [0.4, 0.5) is 0 Å². The molecule has 0 amide bonds. The summed E-state index contributed by atoms with van der Waals surface area (Å²) in [7, 11) is 0.